The van der Waals surface area contributed by atoms with Crippen molar-refractivity contribution in [2.75, 3.05) is 0 Å². The molecule has 78 valence electrons. The fourth-order valence-electron chi connectivity index (χ4n) is 3.00. The van der Waals surface area contributed by atoms with Crippen LogP contribution in [0.25, 0.3) is 0 Å². The minimum atomic E-state index is 0.846. The van der Waals surface area contributed by atoms with Crippen molar-refractivity contribution in [1.29, 1.82) is 0 Å². The molecule has 1 aromatic carbocycles. The molecule has 0 spiro atoms. The van der Waals surface area contributed by atoms with Gasteiger partial charge >= 0.3 is 0 Å². The molecule has 3 rings (SSSR count). The largest absolute Gasteiger partial charge is 0.289 e. The Morgan fingerprint density at radius 3 is 2.67 bits per heavy atom. The van der Waals surface area contributed by atoms with Gasteiger partial charge in [0.2, 0.25) is 0 Å². The van der Waals surface area contributed by atoms with E-state index in [0.29, 0.717) is 0 Å². The summed E-state index contributed by atoms with van der Waals surface area (Å²) < 4.78 is 0. The van der Waals surface area contributed by atoms with Crippen molar-refractivity contribution in [2.45, 2.75) is 32.2 Å². The van der Waals surface area contributed by atoms with Crippen LogP contribution in [0, 0.1) is 11.8 Å². The first-order chi connectivity index (χ1) is 7.42. The van der Waals surface area contributed by atoms with Crippen LogP contribution in [0.4, 0.5) is 0 Å². The van der Waals surface area contributed by atoms with E-state index < -0.39 is 0 Å². The minimum absolute atomic E-state index is 0.846. The first kappa shape index (κ1) is 9.14. The maximum absolute atomic E-state index is 4.79. The molecule has 2 atom stereocenters. The Labute approximate surface area is 91.2 Å². The van der Waals surface area contributed by atoms with Crippen LogP contribution in [0.15, 0.2) is 35.3 Å². The van der Waals surface area contributed by atoms with Crippen molar-refractivity contribution >= 4 is 5.71 Å². The van der Waals surface area contributed by atoms with Gasteiger partial charge in [-0.3, -0.25) is 4.99 Å². The predicted octanol–water partition coefficient (Wildman–Crippen LogP) is 3.45. The highest BCUT2D eigenvalue weighted by Gasteiger charge is 2.36. The summed E-state index contributed by atoms with van der Waals surface area (Å²) in [7, 11) is 0. The summed E-state index contributed by atoms with van der Waals surface area (Å²) in [4.78, 5) is 4.79. The van der Waals surface area contributed by atoms with Crippen LogP contribution >= 0.6 is 0 Å². The Hall–Kier alpha value is -1.11. The lowest BCUT2D eigenvalue weighted by Gasteiger charge is -2.11. The molecule has 2 bridgehead atoms. The van der Waals surface area contributed by atoms with Crippen LogP contribution in [-0.2, 0) is 6.54 Å². The van der Waals surface area contributed by atoms with Crippen molar-refractivity contribution in [3.8, 4) is 0 Å². The Kier molecular flexibility index (Phi) is 2.32. The zero-order valence-electron chi connectivity index (χ0n) is 9.02. The molecule has 0 radical (unpaired) electrons. The summed E-state index contributed by atoms with van der Waals surface area (Å²) >= 11 is 0. The van der Waals surface area contributed by atoms with E-state index in [-0.39, 0.29) is 0 Å². The third-order valence-corrected chi connectivity index (χ3v) is 3.82. The Morgan fingerprint density at radius 1 is 1.13 bits per heavy atom. The van der Waals surface area contributed by atoms with E-state index in [1.165, 1.54) is 37.0 Å². The van der Waals surface area contributed by atoms with E-state index in [1.807, 2.05) is 0 Å². The van der Waals surface area contributed by atoms with Gasteiger partial charge in [0.05, 0.1) is 6.54 Å². The summed E-state index contributed by atoms with van der Waals surface area (Å²) in [5.41, 5.74) is 2.85. The molecular weight excluding hydrogens is 182 g/mol. The second-order valence-corrected chi connectivity index (χ2v) is 4.87. The molecule has 2 aliphatic rings. The van der Waals surface area contributed by atoms with Gasteiger partial charge in [0, 0.05) is 5.71 Å². The van der Waals surface area contributed by atoms with Gasteiger partial charge in [-0.05, 0) is 43.1 Å². The number of nitrogens with zero attached hydrogens (tertiary/aromatic N) is 1. The molecule has 0 unspecified atom stereocenters. The molecule has 0 heterocycles. The average Bonchev–Trinajstić information content (AvgIpc) is 2.89. The number of aliphatic imine (C=N–C) groups is 1. The SMILES string of the molecule is c1ccc(CN=C2C[C@@H]3CC[C@H]2C3)cc1. The second-order valence-electron chi connectivity index (χ2n) is 4.87. The molecular formula is C14H17N. The van der Waals surface area contributed by atoms with Crippen molar-refractivity contribution < 1.29 is 0 Å². The number of hydrogen-bond donors (Lipinski definition) is 0. The maximum atomic E-state index is 4.79. The number of rotatable bonds is 2. The third kappa shape index (κ3) is 1.83. The van der Waals surface area contributed by atoms with E-state index in [2.05, 4.69) is 30.3 Å². The molecule has 1 nitrogen and oxygen atoms in total. The summed E-state index contributed by atoms with van der Waals surface area (Å²) in [6, 6.07) is 10.6. The second kappa shape index (κ2) is 3.80. The van der Waals surface area contributed by atoms with Crippen LogP contribution in [-0.4, -0.2) is 5.71 Å². The normalized spacial score (nSPS) is 31.3. The molecule has 2 saturated carbocycles. The van der Waals surface area contributed by atoms with Crippen LogP contribution in [0.3, 0.4) is 0 Å². The fraction of sp³-hybridized carbons (Fsp3) is 0.500. The zero-order valence-corrected chi connectivity index (χ0v) is 9.02. The lowest BCUT2D eigenvalue weighted by molar-refractivity contribution is 0.591. The summed E-state index contributed by atoms with van der Waals surface area (Å²) in [6.45, 7) is 0.888. The van der Waals surface area contributed by atoms with Crippen molar-refractivity contribution in [3.63, 3.8) is 0 Å². The molecule has 1 heteroatoms. The smallest absolute Gasteiger partial charge is 0.0639 e. The molecule has 0 amide bonds. The quantitative estimate of drug-likeness (QED) is 0.691. The molecule has 2 fully saturated rings. The summed E-state index contributed by atoms with van der Waals surface area (Å²) in [6.07, 6.45) is 5.57. The number of fused-ring (bicyclic) bond motifs is 2. The van der Waals surface area contributed by atoms with Crippen molar-refractivity contribution in [3.05, 3.63) is 35.9 Å². The van der Waals surface area contributed by atoms with Crippen LogP contribution in [0.2, 0.25) is 0 Å². The van der Waals surface area contributed by atoms with Gasteiger partial charge in [-0.2, -0.15) is 0 Å². The van der Waals surface area contributed by atoms with E-state index >= 15 is 0 Å². The lowest BCUT2D eigenvalue weighted by atomic mass is 9.98. The molecule has 0 N–H and O–H groups in total. The summed E-state index contributed by atoms with van der Waals surface area (Å²) in [5.74, 6) is 1.82. The highest BCUT2D eigenvalue weighted by atomic mass is 14.8. The van der Waals surface area contributed by atoms with Crippen LogP contribution in [0.1, 0.15) is 31.2 Å². The van der Waals surface area contributed by atoms with Gasteiger partial charge in [-0.25, -0.2) is 0 Å². The standard InChI is InChI=1S/C14H17N/c1-2-4-11(5-3-1)10-15-14-9-12-6-7-13(14)8-12/h1-5,12-13H,6-10H2/t12-,13+/m1/s1. The van der Waals surface area contributed by atoms with Crippen molar-refractivity contribution in [1.82, 2.24) is 0 Å². The Bertz CT molecular complexity index is 366. The zero-order chi connectivity index (χ0) is 10.1. The van der Waals surface area contributed by atoms with Crippen LogP contribution in [0.5, 0.6) is 0 Å². The topological polar surface area (TPSA) is 12.4 Å². The van der Waals surface area contributed by atoms with Gasteiger partial charge in [0.25, 0.3) is 0 Å². The monoisotopic (exact) mass is 199 g/mol. The maximum Gasteiger partial charge on any atom is 0.0639 e. The van der Waals surface area contributed by atoms with Crippen molar-refractivity contribution in [2.24, 2.45) is 16.8 Å². The van der Waals surface area contributed by atoms with Gasteiger partial charge in [0.15, 0.2) is 0 Å². The van der Waals surface area contributed by atoms with Crippen LogP contribution < -0.4 is 0 Å². The van der Waals surface area contributed by atoms with E-state index in [9.17, 15) is 0 Å². The van der Waals surface area contributed by atoms with E-state index in [1.54, 1.807) is 0 Å². The van der Waals surface area contributed by atoms with Gasteiger partial charge < -0.3 is 0 Å². The molecule has 0 saturated heterocycles. The summed E-state index contributed by atoms with van der Waals surface area (Å²) in [5, 5.41) is 0. The van der Waals surface area contributed by atoms with E-state index in [0.717, 1.165) is 18.4 Å². The fourth-order valence-corrected chi connectivity index (χ4v) is 3.00. The predicted molar refractivity (Wildman–Crippen MR) is 63.0 cm³/mol. The Morgan fingerprint density at radius 2 is 2.00 bits per heavy atom. The average molecular weight is 199 g/mol. The first-order valence-corrected chi connectivity index (χ1v) is 5.99. The van der Waals surface area contributed by atoms with Gasteiger partial charge in [-0.1, -0.05) is 30.3 Å². The minimum Gasteiger partial charge on any atom is -0.289 e. The molecule has 0 aromatic heterocycles. The Balaban J connectivity index is 1.69. The first-order valence-electron chi connectivity index (χ1n) is 5.99. The highest BCUT2D eigenvalue weighted by molar-refractivity contribution is 5.89. The molecule has 1 aromatic rings. The van der Waals surface area contributed by atoms with Gasteiger partial charge in [0.1, 0.15) is 0 Å². The lowest BCUT2D eigenvalue weighted by Crippen LogP contribution is -2.09. The molecule has 0 aliphatic heterocycles. The molecule has 2 aliphatic carbocycles. The van der Waals surface area contributed by atoms with Gasteiger partial charge in [-0.15, -0.1) is 0 Å². The molecule has 15 heavy (non-hydrogen) atoms. The third-order valence-electron chi connectivity index (χ3n) is 3.82. The highest BCUT2D eigenvalue weighted by Crippen LogP contribution is 2.42. The number of hydrogen-bond acceptors (Lipinski definition) is 1. The number of benzene rings is 1. The van der Waals surface area contributed by atoms with E-state index in [4.69, 9.17) is 4.99 Å².